The number of amides is 1. The molecule has 5 nitrogen and oxygen atoms in total. The zero-order valence-corrected chi connectivity index (χ0v) is 18.0. The van der Waals surface area contributed by atoms with Crippen LogP contribution in [0.5, 0.6) is 0 Å². The minimum Gasteiger partial charge on any atom is -0.309 e. The van der Waals surface area contributed by atoms with Gasteiger partial charge in [-0.3, -0.25) is 4.79 Å². The molecule has 3 aromatic rings. The van der Waals surface area contributed by atoms with Gasteiger partial charge < -0.3 is 4.90 Å². The smallest absolute Gasteiger partial charge is 0.245 e. The van der Waals surface area contributed by atoms with E-state index in [1.54, 1.807) is 48.5 Å². The molecule has 150 valence electrons. The Hall–Kier alpha value is -1.83. The van der Waals surface area contributed by atoms with Crippen LogP contribution in [0.1, 0.15) is 6.42 Å². The molecule has 0 radical (unpaired) electrons. The van der Waals surface area contributed by atoms with Crippen molar-refractivity contribution in [2.24, 2.45) is 0 Å². The number of nitrogens with zero attached hydrogens (tertiary/aromatic N) is 1. The minimum absolute atomic E-state index is 0.0862. The number of rotatable bonds is 4. The summed E-state index contributed by atoms with van der Waals surface area (Å²) in [7, 11) is -3.89. The van der Waals surface area contributed by atoms with E-state index in [-0.39, 0.29) is 10.8 Å². The molecule has 1 aliphatic rings. The van der Waals surface area contributed by atoms with Gasteiger partial charge in [-0.2, -0.15) is 4.72 Å². The Morgan fingerprint density at radius 1 is 0.897 bits per heavy atom. The lowest BCUT2D eigenvalue weighted by molar-refractivity contribution is -0.118. The summed E-state index contributed by atoms with van der Waals surface area (Å²) in [6.45, 7) is 0.351. The summed E-state index contributed by atoms with van der Waals surface area (Å²) in [4.78, 5) is 14.3. The van der Waals surface area contributed by atoms with Crippen LogP contribution >= 0.6 is 34.8 Å². The van der Waals surface area contributed by atoms with Crippen LogP contribution in [0.25, 0.3) is 10.8 Å². The summed E-state index contributed by atoms with van der Waals surface area (Å²) in [5, 5.41) is 2.94. The highest BCUT2D eigenvalue weighted by Gasteiger charge is 2.36. The molecular formula is C20H15Cl3N2O3S. The summed E-state index contributed by atoms with van der Waals surface area (Å²) in [5.41, 5.74) is 0.505. The van der Waals surface area contributed by atoms with Gasteiger partial charge in [-0.25, -0.2) is 8.42 Å². The van der Waals surface area contributed by atoms with Crippen LogP contribution in [-0.4, -0.2) is 26.9 Å². The quantitative estimate of drug-likeness (QED) is 0.592. The molecule has 0 bridgehead atoms. The maximum absolute atomic E-state index is 12.8. The zero-order valence-electron chi connectivity index (χ0n) is 14.9. The summed E-state index contributed by atoms with van der Waals surface area (Å²) >= 11 is 18.1. The third-order valence-electron chi connectivity index (χ3n) is 4.79. The Bertz CT molecular complexity index is 1230. The number of carbonyl (C=O) groups is 1. The lowest BCUT2D eigenvalue weighted by atomic mass is 10.1. The van der Waals surface area contributed by atoms with Crippen molar-refractivity contribution in [1.82, 2.24) is 4.72 Å². The topological polar surface area (TPSA) is 66.5 Å². The van der Waals surface area contributed by atoms with Gasteiger partial charge in [0, 0.05) is 16.6 Å². The molecule has 0 aromatic heterocycles. The fourth-order valence-electron chi connectivity index (χ4n) is 3.35. The van der Waals surface area contributed by atoms with Crippen molar-refractivity contribution in [2.45, 2.75) is 17.4 Å². The van der Waals surface area contributed by atoms with E-state index in [0.29, 0.717) is 33.7 Å². The standard InChI is InChI=1S/C20H15Cl3N2O3S/c21-14-3-1-13-10-16(5-2-12(13)9-14)29(27,28)24-18-7-8-25(20(18)26)19-6-4-15(22)11-17(19)23/h1-6,9-11,18,24H,7-8H2/t18-/m0/s1. The van der Waals surface area contributed by atoms with E-state index in [0.717, 1.165) is 10.8 Å². The number of benzene rings is 3. The van der Waals surface area contributed by atoms with Gasteiger partial charge in [0.05, 0.1) is 15.6 Å². The molecule has 3 aromatic carbocycles. The van der Waals surface area contributed by atoms with Crippen molar-refractivity contribution >= 4 is 67.2 Å². The largest absolute Gasteiger partial charge is 0.309 e. The molecule has 0 aliphatic carbocycles. The fraction of sp³-hybridized carbons (Fsp3) is 0.150. The van der Waals surface area contributed by atoms with E-state index >= 15 is 0 Å². The second kappa shape index (κ2) is 7.78. The van der Waals surface area contributed by atoms with E-state index < -0.39 is 16.1 Å². The lowest BCUT2D eigenvalue weighted by Crippen LogP contribution is -2.41. The molecule has 9 heteroatoms. The normalized spacial score (nSPS) is 17.3. The molecule has 0 unspecified atom stereocenters. The Morgan fingerprint density at radius 2 is 1.55 bits per heavy atom. The number of sulfonamides is 1. The van der Waals surface area contributed by atoms with E-state index in [2.05, 4.69) is 4.72 Å². The Balaban J connectivity index is 1.57. The number of hydrogen-bond acceptors (Lipinski definition) is 3. The van der Waals surface area contributed by atoms with Gasteiger partial charge in [0.2, 0.25) is 15.9 Å². The molecule has 1 saturated heterocycles. The number of carbonyl (C=O) groups excluding carboxylic acids is 1. The monoisotopic (exact) mass is 468 g/mol. The average molecular weight is 470 g/mol. The molecule has 1 fully saturated rings. The third kappa shape index (κ3) is 4.09. The van der Waals surface area contributed by atoms with E-state index in [1.165, 1.54) is 11.0 Å². The molecule has 29 heavy (non-hydrogen) atoms. The summed E-state index contributed by atoms with van der Waals surface area (Å²) in [5.74, 6) is -0.356. The molecule has 1 heterocycles. The molecule has 0 saturated carbocycles. The van der Waals surface area contributed by atoms with Gasteiger partial charge in [0.15, 0.2) is 0 Å². The van der Waals surface area contributed by atoms with Crippen molar-refractivity contribution in [1.29, 1.82) is 0 Å². The second-order valence-corrected chi connectivity index (χ2v) is 9.70. The Kier molecular flexibility index (Phi) is 5.48. The fourth-order valence-corrected chi connectivity index (χ4v) is 5.30. The van der Waals surface area contributed by atoms with Gasteiger partial charge >= 0.3 is 0 Å². The highest BCUT2D eigenvalue weighted by Crippen LogP contribution is 2.32. The number of hydrogen-bond donors (Lipinski definition) is 1. The molecule has 1 amide bonds. The van der Waals surface area contributed by atoms with Crippen molar-refractivity contribution in [3.8, 4) is 0 Å². The summed E-state index contributed by atoms with van der Waals surface area (Å²) in [6.07, 6.45) is 0.334. The first-order valence-electron chi connectivity index (χ1n) is 8.73. The first-order valence-corrected chi connectivity index (χ1v) is 11.3. The van der Waals surface area contributed by atoms with E-state index in [1.807, 2.05) is 0 Å². The highest BCUT2D eigenvalue weighted by molar-refractivity contribution is 7.89. The van der Waals surface area contributed by atoms with Crippen molar-refractivity contribution in [3.05, 3.63) is 69.7 Å². The molecule has 4 rings (SSSR count). The van der Waals surface area contributed by atoms with Crippen LogP contribution in [0.4, 0.5) is 5.69 Å². The maximum Gasteiger partial charge on any atom is 0.245 e. The molecular weight excluding hydrogens is 455 g/mol. The summed E-state index contributed by atoms with van der Waals surface area (Å²) in [6, 6.07) is 13.9. The summed E-state index contributed by atoms with van der Waals surface area (Å²) < 4.78 is 28.2. The number of nitrogens with one attached hydrogen (secondary N) is 1. The van der Waals surface area contributed by atoms with Gasteiger partial charge in [0.1, 0.15) is 6.04 Å². The van der Waals surface area contributed by atoms with Crippen LogP contribution in [0.3, 0.4) is 0 Å². The van der Waals surface area contributed by atoms with Crippen LogP contribution in [0.2, 0.25) is 15.1 Å². The molecule has 0 spiro atoms. The van der Waals surface area contributed by atoms with Crippen LogP contribution in [-0.2, 0) is 14.8 Å². The van der Waals surface area contributed by atoms with Crippen molar-refractivity contribution < 1.29 is 13.2 Å². The highest BCUT2D eigenvalue weighted by atomic mass is 35.5. The number of anilines is 1. The Morgan fingerprint density at radius 3 is 2.31 bits per heavy atom. The van der Waals surface area contributed by atoms with Crippen LogP contribution in [0, 0.1) is 0 Å². The van der Waals surface area contributed by atoms with E-state index in [9.17, 15) is 13.2 Å². The van der Waals surface area contributed by atoms with Crippen molar-refractivity contribution in [2.75, 3.05) is 11.4 Å². The number of halogens is 3. The minimum atomic E-state index is -3.89. The zero-order chi connectivity index (χ0) is 20.8. The van der Waals surface area contributed by atoms with Gasteiger partial charge in [-0.05, 0) is 59.7 Å². The van der Waals surface area contributed by atoms with Gasteiger partial charge in [0.25, 0.3) is 0 Å². The Labute approximate surface area is 183 Å². The van der Waals surface area contributed by atoms with Gasteiger partial charge in [-0.15, -0.1) is 0 Å². The third-order valence-corrected chi connectivity index (χ3v) is 7.03. The first kappa shape index (κ1) is 20.4. The molecule has 1 N–H and O–H groups in total. The maximum atomic E-state index is 12.8. The second-order valence-electron chi connectivity index (χ2n) is 6.70. The van der Waals surface area contributed by atoms with Gasteiger partial charge in [-0.1, -0.05) is 46.9 Å². The predicted molar refractivity (Wildman–Crippen MR) is 116 cm³/mol. The average Bonchev–Trinajstić information content (AvgIpc) is 3.01. The lowest BCUT2D eigenvalue weighted by Gasteiger charge is -2.19. The SMILES string of the molecule is O=C1[C@@H](NS(=O)(=O)c2ccc3cc(Cl)ccc3c2)CCN1c1ccc(Cl)cc1Cl. The van der Waals surface area contributed by atoms with Crippen LogP contribution in [0.15, 0.2) is 59.5 Å². The van der Waals surface area contributed by atoms with Crippen molar-refractivity contribution in [3.63, 3.8) is 0 Å². The first-order chi connectivity index (χ1) is 13.7. The molecule has 1 atom stereocenters. The van der Waals surface area contributed by atoms with E-state index in [4.69, 9.17) is 34.8 Å². The molecule has 1 aliphatic heterocycles. The predicted octanol–water partition coefficient (Wildman–Crippen LogP) is 4.88. The van der Waals surface area contributed by atoms with Crippen LogP contribution < -0.4 is 9.62 Å². The number of fused-ring (bicyclic) bond motifs is 1.